The highest BCUT2D eigenvalue weighted by Gasteiger charge is 2.37. The van der Waals surface area contributed by atoms with Gasteiger partial charge in [-0.1, -0.05) is 42.4 Å². The van der Waals surface area contributed by atoms with Gasteiger partial charge in [-0.05, 0) is 40.8 Å². The first-order valence-corrected chi connectivity index (χ1v) is 9.48. The van der Waals surface area contributed by atoms with Crippen LogP contribution in [0, 0.1) is 0 Å². The van der Waals surface area contributed by atoms with Crippen molar-refractivity contribution in [2.45, 2.75) is 18.2 Å². The first-order chi connectivity index (χ1) is 12.6. The molecule has 26 heavy (non-hydrogen) atoms. The van der Waals surface area contributed by atoms with Crippen molar-refractivity contribution in [1.29, 1.82) is 0 Å². The number of fused-ring (bicyclic) bond motifs is 3. The number of aromatic amines is 1. The Morgan fingerprint density at radius 1 is 1.31 bits per heavy atom. The zero-order valence-corrected chi connectivity index (χ0v) is 15.4. The van der Waals surface area contributed by atoms with Crippen molar-refractivity contribution in [3.8, 4) is 17.0 Å². The van der Waals surface area contributed by atoms with Crippen LogP contribution in [-0.4, -0.2) is 20.9 Å². The van der Waals surface area contributed by atoms with E-state index in [-0.39, 0.29) is 16.3 Å². The van der Waals surface area contributed by atoms with Gasteiger partial charge in [0.05, 0.1) is 16.3 Å². The lowest BCUT2D eigenvalue weighted by Gasteiger charge is -2.22. The lowest BCUT2D eigenvalue weighted by atomic mass is 10.0. The Morgan fingerprint density at radius 3 is 2.88 bits per heavy atom. The first kappa shape index (κ1) is 16.9. The molecule has 1 aliphatic heterocycles. The number of nitrogens with zero attached hydrogens (tertiary/aromatic N) is 2. The number of thioether (sulfide) groups is 1. The second-order valence-electron chi connectivity index (χ2n) is 5.79. The number of para-hydroxylation sites is 1. The molecule has 2 heterocycles. The van der Waals surface area contributed by atoms with Crippen LogP contribution < -0.4 is 15.6 Å². The number of nitrogens with one attached hydrogen (secondary N) is 2. The predicted octanol–water partition coefficient (Wildman–Crippen LogP) is 3.17. The molecule has 8 heteroatoms. The van der Waals surface area contributed by atoms with Crippen LogP contribution in [0.3, 0.4) is 0 Å². The van der Waals surface area contributed by atoms with E-state index in [1.807, 2.05) is 31.2 Å². The lowest BCUT2D eigenvalue weighted by molar-refractivity contribution is -0.759. The average molecular weight is 388 g/mol. The zero-order chi connectivity index (χ0) is 18.3. The number of benzene rings is 2. The van der Waals surface area contributed by atoms with Gasteiger partial charge >= 0.3 is 11.3 Å². The van der Waals surface area contributed by atoms with Crippen molar-refractivity contribution in [1.82, 2.24) is 10.1 Å². The van der Waals surface area contributed by atoms with Crippen LogP contribution in [0.2, 0.25) is 5.02 Å². The molecule has 0 saturated carbocycles. The van der Waals surface area contributed by atoms with Crippen molar-refractivity contribution >= 4 is 29.1 Å². The summed E-state index contributed by atoms with van der Waals surface area (Å²) in [6.45, 7) is 2.00. The summed E-state index contributed by atoms with van der Waals surface area (Å²) in [5, 5.41) is 18.6. The van der Waals surface area contributed by atoms with Gasteiger partial charge in [0.15, 0.2) is 0 Å². The minimum absolute atomic E-state index is 0.0120. The van der Waals surface area contributed by atoms with Gasteiger partial charge in [-0.3, -0.25) is 9.78 Å². The predicted molar refractivity (Wildman–Crippen MR) is 102 cm³/mol. The molecule has 0 aliphatic carbocycles. The van der Waals surface area contributed by atoms with E-state index < -0.39 is 6.17 Å². The van der Waals surface area contributed by atoms with E-state index in [4.69, 9.17) is 11.6 Å². The molecule has 4 rings (SSSR count). The van der Waals surface area contributed by atoms with Gasteiger partial charge in [0, 0.05) is 10.7 Å². The molecule has 0 amide bonds. The molecule has 0 bridgehead atoms. The summed E-state index contributed by atoms with van der Waals surface area (Å²) in [6, 6.07) is 12.6. The highest BCUT2D eigenvalue weighted by molar-refractivity contribution is 7.99. The number of aromatic nitrogens is 3. The van der Waals surface area contributed by atoms with E-state index in [2.05, 4.69) is 15.4 Å². The van der Waals surface area contributed by atoms with Crippen LogP contribution in [0.5, 0.6) is 5.75 Å². The monoisotopic (exact) mass is 387 g/mol. The maximum absolute atomic E-state index is 12.8. The number of hydrogen-bond donors (Lipinski definition) is 3. The molecule has 3 N–H and O–H groups in total. The summed E-state index contributed by atoms with van der Waals surface area (Å²) in [5.41, 5.74) is 2.70. The van der Waals surface area contributed by atoms with Crippen LogP contribution in [-0.2, 0) is 0 Å². The molecule has 0 fully saturated rings. The summed E-state index contributed by atoms with van der Waals surface area (Å²) < 4.78 is 1.68. The Labute approximate surface area is 158 Å². The van der Waals surface area contributed by atoms with Crippen LogP contribution in [0.25, 0.3) is 11.3 Å². The van der Waals surface area contributed by atoms with Gasteiger partial charge in [0.1, 0.15) is 5.75 Å². The molecule has 132 valence electrons. The Hall–Kier alpha value is -2.51. The van der Waals surface area contributed by atoms with Crippen molar-refractivity contribution in [2.75, 3.05) is 11.1 Å². The Balaban J connectivity index is 1.96. The quantitative estimate of drug-likeness (QED) is 0.475. The molecule has 0 spiro atoms. The van der Waals surface area contributed by atoms with E-state index in [1.54, 1.807) is 16.8 Å². The number of H-pyrrole nitrogens is 1. The average Bonchev–Trinajstić information content (AvgIpc) is 2.63. The van der Waals surface area contributed by atoms with Gasteiger partial charge in [0.25, 0.3) is 6.17 Å². The van der Waals surface area contributed by atoms with Gasteiger partial charge < -0.3 is 10.4 Å². The minimum atomic E-state index is -0.420. The van der Waals surface area contributed by atoms with Crippen molar-refractivity contribution < 1.29 is 9.79 Å². The molecule has 1 atom stereocenters. The molecule has 3 aromatic rings. The standard InChI is InChI=1S/C18H15ClN4O2S/c1-2-26-18-21-17(25)15-11-5-3-4-6-13(11)20-16(23(15)22-18)10-7-8-14(24)12(19)9-10/h3-9,16H,2H2,1H3,(H2,21,22,24,25)/p+1/t16-/m0/s1. The van der Waals surface area contributed by atoms with E-state index in [0.29, 0.717) is 10.9 Å². The molecule has 0 saturated heterocycles. The smallest absolute Gasteiger partial charge is 0.325 e. The lowest BCUT2D eigenvalue weighted by Crippen LogP contribution is -2.55. The van der Waals surface area contributed by atoms with Gasteiger partial charge in [0.2, 0.25) is 5.16 Å². The molecular formula is C18H16ClN4O2S+. The van der Waals surface area contributed by atoms with E-state index in [9.17, 15) is 9.90 Å². The minimum Gasteiger partial charge on any atom is -0.506 e. The molecule has 2 aromatic carbocycles. The summed E-state index contributed by atoms with van der Waals surface area (Å²) in [7, 11) is 0. The van der Waals surface area contributed by atoms with Crippen LogP contribution in [0.4, 0.5) is 5.69 Å². The number of phenolic OH excluding ortho intramolecular Hbond substituents is 1. The van der Waals surface area contributed by atoms with E-state index in [1.165, 1.54) is 17.8 Å². The third-order valence-electron chi connectivity index (χ3n) is 4.15. The van der Waals surface area contributed by atoms with Crippen LogP contribution in [0.1, 0.15) is 18.7 Å². The summed E-state index contributed by atoms with van der Waals surface area (Å²) in [4.78, 5) is 15.6. The summed E-state index contributed by atoms with van der Waals surface area (Å²) in [5.74, 6) is 0.806. The molecule has 1 aliphatic rings. The van der Waals surface area contributed by atoms with Crippen molar-refractivity contribution in [3.63, 3.8) is 0 Å². The second kappa shape index (κ2) is 6.66. The number of halogens is 1. The fraction of sp³-hybridized carbons (Fsp3) is 0.167. The summed E-state index contributed by atoms with van der Waals surface area (Å²) in [6.07, 6.45) is -0.420. The number of rotatable bonds is 3. The normalized spacial score (nSPS) is 15.1. The van der Waals surface area contributed by atoms with Gasteiger partial charge in [-0.25, -0.2) is 0 Å². The third-order valence-corrected chi connectivity index (χ3v) is 5.20. The molecule has 0 radical (unpaired) electrons. The fourth-order valence-corrected chi connectivity index (χ4v) is 3.78. The largest absolute Gasteiger partial charge is 0.506 e. The van der Waals surface area contributed by atoms with E-state index >= 15 is 0 Å². The number of aromatic hydroxyl groups is 1. The number of phenols is 1. The van der Waals surface area contributed by atoms with Gasteiger partial charge in [-0.15, -0.1) is 0 Å². The Bertz CT molecular complexity index is 1050. The maximum atomic E-state index is 12.8. The van der Waals surface area contributed by atoms with Crippen LogP contribution >= 0.6 is 23.4 Å². The molecule has 0 unspecified atom stereocenters. The molecule has 6 nitrogen and oxygen atoms in total. The first-order valence-electron chi connectivity index (χ1n) is 8.11. The number of anilines is 1. The van der Waals surface area contributed by atoms with Crippen molar-refractivity contribution in [3.05, 3.63) is 63.4 Å². The zero-order valence-electron chi connectivity index (χ0n) is 13.9. The van der Waals surface area contributed by atoms with Crippen molar-refractivity contribution in [2.24, 2.45) is 0 Å². The molecular weight excluding hydrogens is 372 g/mol. The molecule has 1 aromatic heterocycles. The third kappa shape index (κ3) is 2.83. The topological polar surface area (TPSA) is 81.9 Å². The Kier molecular flexibility index (Phi) is 4.34. The van der Waals surface area contributed by atoms with Crippen LogP contribution in [0.15, 0.2) is 52.4 Å². The second-order valence-corrected chi connectivity index (χ2v) is 7.45. The maximum Gasteiger partial charge on any atom is 0.325 e. The fourth-order valence-electron chi connectivity index (χ4n) is 3.01. The highest BCUT2D eigenvalue weighted by atomic mass is 35.5. The van der Waals surface area contributed by atoms with E-state index in [0.717, 1.165) is 22.6 Å². The van der Waals surface area contributed by atoms with Gasteiger partial charge in [-0.2, -0.15) is 0 Å². The summed E-state index contributed by atoms with van der Waals surface area (Å²) >= 11 is 7.56. The number of hydrogen-bond acceptors (Lipinski definition) is 5. The Morgan fingerprint density at radius 2 is 2.12 bits per heavy atom. The SMILES string of the molecule is CCSc1n[n+]2c(c(=O)[nH]1)-c1ccccc1N[C@@H]2c1ccc(O)c(Cl)c1. The highest BCUT2D eigenvalue weighted by Crippen LogP contribution is 2.33.